The highest BCUT2D eigenvalue weighted by Gasteiger charge is 2.35. The van der Waals surface area contributed by atoms with Crippen molar-refractivity contribution >= 4 is 17.5 Å². The van der Waals surface area contributed by atoms with E-state index in [0.717, 1.165) is 24.3 Å². The van der Waals surface area contributed by atoms with Crippen molar-refractivity contribution in [1.29, 1.82) is 0 Å². The standard InChI is InChI=1S/C15H19N3O2/c1-10-9-16-6-7-18(10)15(20)12-8-14(19)17-13-5-3-2-4-11(12)13/h2-5,10,12,16H,6-9H2,1H3,(H,17,19)/t10-,12?/m0/s1. The van der Waals surface area contributed by atoms with Gasteiger partial charge in [0.15, 0.2) is 0 Å². The number of rotatable bonds is 1. The normalized spacial score (nSPS) is 25.9. The first-order valence-electron chi connectivity index (χ1n) is 7.07. The lowest BCUT2D eigenvalue weighted by Crippen LogP contribution is -2.54. The molecule has 2 atom stereocenters. The number of fused-ring (bicyclic) bond motifs is 1. The van der Waals surface area contributed by atoms with Crippen LogP contribution in [0.25, 0.3) is 0 Å². The van der Waals surface area contributed by atoms with Crippen molar-refractivity contribution in [2.45, 2.75) is 25.3 Å². The third-order valence-corrected chi connectivity index (χ3v) is 4.08. The third kappa shape index (κ3) is 2.29. The van der Waals surface area contributed by atoms with Crippen molar-refractivity contribution in [2.24, 2.45) is 0 Å². The monoisotopic (exact) mass is 273 g/mol. The van der Waals surface area contributed by atoms with Crippen LogP contribution in [0.5, 0.6) is 0 Å². The average molecular weight is 273 g/mol. The quantitative estimate of drug-likeness (QED) is 0.800. The summed E-state index contributed by atoms with van der Waals surface area (Å²) in [5.41, 5.74) is 1.70. The summed E-state index contributed by atoms with van der Waals surface area (Å²) in [5.74, 6) is -0.355. The SMILES string of the molecule is C[C@H]1CNCCN1C(=O)C1CC(=O)Nc2ccccc21. The van der Waals surface area contributed by atoms with Crippen molar-refractivity contribution in [1.82, 2.24) is 10.2 Å². The van der Waals surface area contributed by atoms with Crippen LogP contribution in [0.2, 0.25) is 0 Å². The Morgan fingerprint density at radius 2 is 2.15 bits per heavy atom. The molecular weight excluding hydrogens is 254 g/mol. The molecule has 2 heterocycles. The summed E-state index contributed by atoms with van der Waals surface area (Å²) in [4.78, 5) is 26.5. The minimum Gasteiger partial charge on any atom is -0.337 e. The van der Waals surface area contributed by atoms with Gasteiger partial charge in [-0.2, -0.15) is 0 Å². The maximum Gasteiger partial charge on any atom is 0.231 e. The van der Waals surface area contributed by atoms with Crippen LogP contribution in [0.3, 0.4) is 0 Å². The average Bonchev–Trinajstić information content (AvgIpc) is 2.46. The predicted octanol–water partition coefficient (Wildman–Crippen LogP) is 0.933. The Morgan fingerprint density at radius 1 is 1.35 bits per heavy atom. The zero-order valence-electron chi connectivity index (χ0n) is 11.6. The van der Waals surface area contributed by atoms with Crippen molar-refractivity contribution in [3.63, 3.8) is 0 Å². The Labute approximate surface area is 118 Å². The van der Waals surface area contributed by atoms with Gasteiger partial charge in [0.2, 0.25) is 11.8 Å². The number of piperazine rings is 1. The van der Waals surface area contributed by atoms with Gasteiger partial charge in [-0.3, -0.25) is 9.59 Å². The number of hydrogen-bond acceptors (Lipinski definition) is 3. The van der Waals surface area contributed by atoms with Crippen LogP contribution in [0.15, 0.2) is 24.3 Å². The Hall–Kier alpha value is -1.88. The molecule has 2 N–H and O–H groups in total. The largest absolute Gasteiger partial charge is 0.337 e. The van der Waals surface area contributed by atoms with E-state index in [4.69, 9.17) is 0 Å². The van der Waals surface area contributed by atoms with Gasteiger partial charge in [0.1, 0.15) is 0 Å². The number of para-hydroxylation sites is 1. The molecule has 5 nitrogen and oxygen atoms in total. The van der Waals surface area contributed by atoms with E-state index >= 15 is 0 Å². The highest BCUT2D eigenvalue weighted by atomic mass is 16.2. The molecule has 0 radical (unpaired) electrons. The van der Waals surface area contributed by atoms with Gasteiger partial charge in [0.05, 0.1) is 5.92 Å². The highest BCUT2D eigenvalue weighted by Crippen LogP contribution is 2.33. The number of nitrogens with zero attached hydrogens (tertiary/aromatic N) is 1. The summed E-state index contributed by atoms with van der Waals surface area (Å²) >= 11 is 0. The van der Waals surface area contributed by atoms with Gasteiger partial charge >= 0.3 is 0 Å². The van der Waals surface area contributed by atoms with Gasteiger partial charge in [-0.15, -0.1) is 0 Å². The number of nitrogens with one attached hydrogen (secondary N) is 2. The maximum absolute atomic E-state index is 12.8. The summed E-state index contributed by atoms with van der Waals surface area (Å²) in [6, 6.07) is 7.75. The molecule has 0 bridgehead atoms. The lowest BCUT2D eigenvalue weighted by molar-refractivity contribution is -0.137. The summed E-state index contributed by atoms with van der Waals surface area (Å²) < 4.78 is 0. The molecule has 0 aliphatic carbocycles. The summed E-state index contributed by atoms with van der Waals surface area (Å²) in [7, 11) is 0. The molecule has 0 saturated carbocycles. The Bertz CT molecular complexity index is 544. The van der Waals surface area contributed by atoms with Crippen LogP contribution in [0.4, 0.5) is 5.69 Å². The van der Waals surface area contributed by atoms with Gasteiger partial charge < -0.3 is 15.5 Å². The number of hydrogen-bond donors (Lipinski definition) is 2. The molecule has 0 aromatic heterocycles. The zero-order chi connectivity index (χ0) is 14.1. The summed E-state index contributed by atoms with van der Waals surface area (Å²) in [5, 5.41) is 6.11. The van der Waals surface area contributed by atoms with E-state index in [-0.39, 0.29) is 30.2 Å². The number of amides is 2. The fraction of sp³-hybridized carbons (Fsp3) is 0.467. The molecule has 20 heavy (non-hydrogen) atoms. The van der Waals surface area contributed by atoms with E-state index in [9.17, 15) is 9.59 Å². The minimum atomic E-state index is -0.347. The van der Waals surface area contributed by atoms with E-state index in [0.29, 0.717) is 6.54 Å². The maximum atomic E-state index is 12.8. The molecule has 1 aromatic rings. The smallest absolute Gasteiger partial charge is 0.231 e. The topological polar surface area (TPSA) is 61.4 Å². The van der Waals surface area contributed by atoms with Crippen LogP contribution in [-0.4, -0.2) is 42.4 Å². The molecular formula is C15H19N3O2. The van der Waals surface area contributed by atoms with Gasteiger partial charge in [0, 0.05) is 37.8 Å². The molecule has 1 aromatic carbocycles. The fourth-order valence-corrected chi connectivity index (χ4v) is 3.00. The van der Waals surface area contributed by atoms with Gasteiger partial charge in [-0.05, 0) is 18.6 Å². The molecule has 5 heteroatoms. The molecule has 2 amide bonds. The number of carbonyl (C=O) groups excluding carboxylic acids is 2. The van der Waals surface area contributed by atoms with E-state index in [2.05, 4.69) is 10.6 Å². The molecule has 1 saturated heterocycles. The van der Waals surface area contributed by atoms with Crippen LogP contribution in [-0.2, 0) is 9.59 Å². The second-order valence-electron chi connectivity index (χ2n) is 5.48. The van der Waals surface area contributed by atoms with Crippen LogP contribution >= 0.6 is 0 Å². The Morgan fingerprint density at radius 3 is 2.95 bits per heavy atom. The summed E-state index contributed by atoms with van der Waals surface area (Å²) in [6.07, 6.45) is 0.243. The van der Waals surface area contributed by atoms with E-state index in [1.807, 2.05) is 36.1 Å². The molecule has 1 unspecified atom stereocenters. The van der Waals surface area contributed by atoms with Crippen molar-refractivity contribution in [2.75, 3.05) is 25.0 Å². The van der Waals surface area contributed by atoms with Gasteiger partial charge in [0.25, 0.3) is 0 Å². The molecule has 2 aliphatic heterocycles. The van der Waals surface area contributed by atoms with Crippen LogP contribution in [0.1, 0.15) is 24.8 Å². The first kappa shape index (κ1) is 13.1. The van der Waals surface area contributed by atoms with E-state index in [1.54, 1.807) is 0 Å². The molecule has 1 fully saturated rings. The third-order valence-electron chi connectivity index (χ3n) is 4.08. The van der Waals surface area contributed by atoms with E-state index < -0.39 is 0 Å². The van der Waals surface area contributed by atoms with Gasteiger partial charge in [-0.25, -0.2) is 0 Å². The Kier molecular flexibility index (Phi) is 3.44. The number of carbonyl (C=O) groups is 2. The lowest BCUT2D eigenvalue weighted by Gasteiger charge is -2.37. The molecule has 106 valence electrons. The van der Waals surface area contributed by atoms with E-state index in [1.165, 1.54) is 0 Å². The number of benzene rings is 1. The predicted molar refractivity (Wildman–Crippen MR) is 76.5 cm³/mol. The second-order valence-corrected chi connectivity index (χ2v) is 5.48. The van der Waals surface area contributed by atoms with Crippen LogP contribution in [0, 0.1) is 0 Å². The fourth-order valence-electron chi connectivity index (χ4n) is 3.00. The zero-order valence-corrected chi connectivity index (χ0v) is 11.6. The highest BCUT2D eigenvalue weighted by molar-refractivity contribution is 6.01. The first-order chi connectivity index (χ1) is 9.66. The molecule has 3 rings (SSSR count). The van der Waals surface area contributed by atoms with Crippen molar-refractivity contribution in [3.05, 3.63) is 29.8 Å². The molecule has 2 aliphatic rings. The first-order valence-corrected chi connectivity index (χ1v) is 7.07. The Balaban J connectivity index is 1.89. The number of anilines is 1. The molecule has 0 spiro atoms. The van der Waals surface area contributed by atoms with Crippen molar-refractivity contribution < 1.29 is 9.59 Å². The van der Waals surface area contributed by atoms with Gasteiger partial charge in [-0.1, -0.05) is 18.2 Å². The second kappa shape index (κ2) is 5.25. The van der Waals surface area contributed by atoms with Crippen molar-refractivity contribution in [3.8, 4) is 0 Å². The summed E-state index contributed by atoms with van der Waals surface area (Å²) in [6.45, 7) is 4.38. The van der Waals surface area contributed by atoms with Crippen LogP contribution < -0.4 is 10.6 Å². The minimum absolute atomic E-state index is 0.0706. The lowest BCUT2D eigenvalue weighted by atomic mass is 9.89.